The highest BCUT2D eigenvalue weighted by atomic mass is 32.1. The third kappa shape index (κ3) is 3.48. The number of fused-ring (bicyclic) bond motifs is 1. The summed E-state index contributed by atoms with van der Waals surface area (Å²) in [4.78, 5) is 25.2. The zero-order valence-electron chi connectivity index (χ0n) is 12.8. The Labute approximate surface area is 137 Å². The van der Waals surface area contributed by atoms with Gasteiger partial charge in [0.05, 0.1) is 18.3 Å². The topological polar surface area (TPSA) is 64.0 Å². The first-order chi connectivity index (χ1) is 11.1. The zero-order valence-corrected chi connectivity index (χ0v) is 13.6. The summed E-state index contributed by atoms with van der Waals surface area (Å²) in [5, 5.41) is 9.91. The summed E-state index contributed by atoms with van der Waals surface area (Å²) in [5.41, 5.74) is 1.87. The third-order valence-electron chi connectivity index (χ3n) is 3.67. The number of nitrogens with one attached hydrogen (secondary N) is 1. The highest BCUT2D eigenvalue weighted by molar-refractivity contribution is 7.09. The van der Waals surface area contributed by atoms with E-state index >= 15 is 0 Å². The summed E-state index contributed by atoms with van der Waals surface area (Å²) in [7, 11) is 0. The molecule has 0 unspecified atom stereocenters. The van der Waals surface area contributed by atoms with Crippen LogP contribution >= 0.6 is 11.3 Å². The number of amides is 1. The van der Waals surface area contributed by atoms with E-state index in [4.69, 9.17) is 0 Å². The van der Waals surface area contributed by atoms with Gasteiger partial charge in [-0.3, -0.25) is 9.59 Å². The molecule has 0 bridgehead atoms. The lowest BCUT2D eigenvalue weighted by atomic mass is 10.1. The smallest absolute Gasteiger partial charge is 0.247 e. The number of aryl methyl sites for hydroxylation is 1. The average molecular weight is 327 g/mol. The Morgan fingerprint density at radius 1 is 1.22 bits per heavy atom. The number of carbonyl (C=O) groups excluding carboxylic acids is 2. The molecule has 2 aromatic heterocycles. The van der Waals surface area contributed by atoms with Crippen molar-refractivity contribution in [3.8, 4) is 0 Å². The third-order valence-corrected chi connectivity index (χ3v) is 4.55. The molecule has 6 heteroatoms. The van der Waals surface area contributed by atoms with Gasteiger partial charge in [-0.15, -0.1) is 11.3 Å². The molecular formula is C17H17N3O2S. The molecule has 0 saturated heterocycles. The number of carbonyl (C=O) groups is 2. The second-order valence-corrected chi connectivity index (χ2v) is 6.35. The van der Waals surface area contributed by atoms with Gasteiger partial charge in [0.2, 0.25) is 11.8 Å². The Balaban J connectivity index is 1.58. The van der Waals surface area contributed by atoms with Crippen LogP contribution in [0.5, 0.6) is 0 Å². The predicted octanol–water partition coefficient (Wildman–Crippen LogP) is 3.14. The number of nitrogens with zero attached hydrogens (tertiary/aromatic N) is 2. The molecule has 23 heavy (non-hydrogen) atoms. The van der Waals surface area contributed by atoms with Crippen LogP contribution in [0.15, 0.2) is 41.9 Å². The van der Waals surface area contributed by atoms with Crippen LogP contribution < -0.4 is 5.32 Å². The Hall–Kier alpha value is -2.47. The minimum absolute atomic E-state index is 0.126. The van der Waals surface area contributed by atoms with Gasteiger partial charge >= 0.3 is 0 Å². The Morgan fingerprint density at radius 3 is 2.87 bits per heavy atom. The summed E-state index contributed by atoms with van der Waals surface area (Å²) in [5.74, 6) is -0.295. The lowest BCUT2D eigenvalue weighted by Gasteiger charge is -2.05. The highest BCUT2D eigenvalue weighted by Gasteiger charge is 2.13. The molecule has 0 aliphatic rings. The van der Waals surface area contributed by atoms with Crippen LogP contribution in [0.1, 0.15) is 28.1 Å². The first-order valence-electron chi connectivity index (χ1n) is 7.41. The minimum Gasteiger partial charge on any atom is -0.351 e. The van der Waals surface area contributed by atoms with Gasteiger partial charge in [-0.2, -0.15) is 5.10 Å². The fraction of sp³-hybridized carbons (Fsp3) is 0.235. The normalized spacial score (nSPS) is 10.8. The van der Waals surface area contributed by atoms with E-state index in [9.17, 15) is 9.59 Å². The van der Waals surface area contributed by atoms with Gasteiger partial charge in [-0.1, -0.05) is 18.2 Å². The number of hydrogen-bond donors (Lipinski definition) is 1. The number of thiophene rings is 1. The number of aromatic nitrogens is 2. The largest absolute Gasteiger partial charge is 0.351 e. The van der Waals surface area contributed by atoms with Crippen molar-refractivity contribution in [1.82, 2.24) is 15.1 Å². The van der Waals surface area contributed by atoms with E-state index in [-0.39, 0.29) is 24.7 Å². The van der Waals surface area contributed by atoms with Crippen molar-refractivity contribution in [3.63, 3.8) is 0 Å². The maximum absolute atomic E-state index is 12.3. The molecule has 1 aromatic carbocycles. The van der Waals surface area contributed by atoms with E-state index in [0.29, 0.717) is 6.54 Å². The number of hydrogen-bond acceptors (Lipinski definition) is 4. The monoisotopic (exact) mass is 327 g/mol. The quantitative estimate of drug-likeness (QED) is 0.783. The first kappa shape index (κ1) is 15.4. The molecule has 0 saturated carbocycles. The van der Waals surface area contributed by atoms with Gasteiger partial charge in [0.25, 0.3) is 0 Å². The van der Waals surface area contributed by atoms with Crippen LogP contribution in [0.25, 0.3) is 10.9 Å². The summed E-state index contributed by atoms with van der Waals surface area (Å²) in [6.07, 6.45) is 2.00. The molecule has 0 aliphatic carbocycles. The van der Waals surface area contributed by atoms with Crippen LogP contribution in [0.2, 0.25) is 0 Å². The zero-order chi connectivity index (χ0) is 16.2. The Kier molecular flexibility index (Phi) is 4.52. The molecule has 1 amide bonds. The van der Waals surface area contributed by atoms with Gasteiger partial charge in [0.1, 0.15) is 0 Å². The van der Waals surface area contributed by atoms with Crippen molar-refractivity contribution in [2.75, 3.05) is 0 Å². The summed E-state index contributed by atoms with van der Waals surface area (Å²) in [6.45, 7) is 2.49. The van der Waals surface area contributed by atoms with Crippen LogP contribution in [0.3, 0.4) is 0 Å². The lowest BCUT2D eigenvalue weighted by molar-refractivity contribution is -0.121. The lowest BCUT2D eigenvalue weighted by Crippen LogP contribution is -2.24. The highest BCUT2D eigenvalue weighted by Crippen LogP contribution is 2.18. The molecule has 0 atom stereocenters. The van der Waals surface area contributed by atoms with E-state index in [0.717, 1.165) is 21.3 Å². The predicted molar refractivity (Wildman–Crippen MR) is 90.5 cm³/mol. The second kappa shape index (κ2) is 6.75. The molecule has 5 nitrogen and oxygen atoms in total. The molecule has 118 valence electrons. The van der Waals surface area contributed by atoms with Crippen LogP contribution in [-0.4, -0.2) is 21.6 Å². The van der Waals surface area contributed by atoms with Crippen molar-refractivity contribution in [2.45, 2.75) is 26.3 Å². The van der Waals surface area contributed by atoms with E-state index in [1.807, 2.05) is 42.6 Å². The van der Waals surface area contributed by atoms with E-state index in [1.165, 1.54) is 4.68 Å². The number of benzene rings is 1. The molecule has 2 heterocycles. The summed E-state index contributed by atoms with van der Waals surface area (Å²) >= 11 is 1.59. The van der Waals surface area contributed by atoms with Gasteiger partial charge in [0.15, 0.2) is 0 Å². The summed E-state index contributed by atoms with van der Waals surface area (Å²) < 4.78 is 1.38. The van der Waals surface area contributed by atoms with Crippen molar-refractivity contribution >= 4 is 34.1 Å². The van der Waals surface area contributed by atoms with Crippen molar-refractivity contribution in [2.24, 2.45) is 0 Å². The second-order valence-electron chi connectivity index (χ2n) is 5.31. The molecule has 0 spiro atoms. The molecule has 3 aromatic rings. The van der Waals surface area contributed by atoms with Crippen molar-refractivity contribution < 1.29 is 9.59 Å². The van der Waals surface area contributed by atoms with E-state index < -0.39 is 0 Å². The molecule has 1 N–H and O–H groups in total. The van der Waals surface area contributed by atoms with Crippen LogP contribution in [-0.2, 0) is 11.3 Å². The average Bonchev–Trinajstić information content (AvgIpc) is 3.20. The maximum Gasteiger partial charge on any atom is 0.247 e. The summed E-state index contributed by atoms with van der Waals surface area (Å²) in [6, 6.07) is 9.66. The van der Waals surface area contributed by atoms with Gasteiger partial charge in [-0.05, 0) is 30.0 Å². The van der Waals surface area contributed by atoms with Gasteiger partial charge < -0.3 is 5.32 Å². The molecule has 0 fully saturated rings. The molecule has 0 radical (unpaired) electrons. The van der Waals surface area contributed by atoms with Crippen molar-refractivity contribution in [1.29, 1.82) is 0 Å². The van der Waals surface area contributed by atoms with Gasteiger partial charge in [0, 0.05) is 23.1 Å². The molecular weight excluding hydrogens is 310 g/mol. The first-order valence-corrected chi connectivity index (χ1v) is 8.29. The standard InChI is InChI=1S/C17H17N3O2S/c1-12-4-2-6-15-14(12)11-19-20(15)17(22)8-7-16(21)18-10-13-5-3-9-23-13/h2-6,9,11H,7-8,10H2,1H3,(H,18,21). The fourth-order valence-electron chi connectivity index (χ4n) is 2.41. The Bertz CT molecular complexity index is 837. The fourth-order valence-corrected chi connectivity index (χ4v) is 3.05. The van der Waals surface area contributed by atoms with Gasteiger partial charge in [-0.25, -0.2) is 4.68 Å². The molecule has 0 aliphatic heterocycles. The van der Waals surface area contributed by atoms with E-state index in [2.05, 4.69) is 10.4 Å². The van der Waals surface area contributed by atoms with E-state index in [1.54, 1.807) is 17.5 Å². The van der Waals surface area contributed by atoms with Crippen LogP contribution in [0.4, 0.5) is 0 Å². The Morgan fingerprint density at radius 2 is 2.09 bits per heavy atom. The maximum atomic E-state index is 12.3. The molecule has 3 rings (SSSR count). The number of rotatable bonds is 5. The van der Waals surface area contributed by atoms with Crippen LogP contribution in [0, 0.1) is 6.92 Å². The minimum atomic E-state index is -0.170. The van der Waals surface area contributed by atoms with Crippen molar-refractivity contribution in [3.05, 3.63) is 52.3 Å². The SMILES string of the molecule is Cc1cccc2c1cnn2C(=O)CCC(=O)NCc1cccs1.